The first-order valence-corrected chi connectivity index (χ1v) is 8.59. The smallest absolute Gasteiger partial charge is 0.291 e. The molecule has 1 aromatic carbocycles. The molecule has 1 aliphatic heterocycles. The lowest BCUT2D eigenvalue weighted by Gasteiger charge is -2.23. The van der Waals surface area contributed by atoms with Crippen molar-refractivity contribution in [3.63, 3.8) is 0 Å². The molecular weight excluding hydrogens is 410 g/mol. The van der Waals surface area contributed by atoms with E-state index in [2.05, 4.69) is 31.9 Å². The number of piperidine rings is 1. The molecule has 6 nitrogen and oxygen atoms in total. The molecule has 0 radical (unpaired) electrons. The molecule has 1 saturated heterocycles. The number of anilines is 1. The monoisotopic (exact) mass is 427 g/mol. The van der Waals surface area contributed by atoms with Gasteiger partial charge in [0.15, 0.2) is 10.4 Å². The van der Waals surface area contributed by atoms with E-state index >= 15 is 0 Å². The van der Waals surface area contributed by atoms with Crippen LogP contribution in [-0.2, 0) is 0 Å². The molecule has 1 atom stereocenters. The number of hydrogen-bond donors (Lipinski definition) is 3. The van der Waals surface area contributed by atoms with Crippen LogP contribution < -0.4 is 16.0 Å². The third kappa shape index (κ3) is 5.32. The van der Waals surface area contributed by atoms with Gasteiger partial charge in [-0.2, -0.15) is 0 Å². The highest BCUT2D eigenvalue weighted by Gasteiger charge is 2.17. The van der Waals surface area contributed by atoms with E-state index in [1.807, 2.05) is 0 Å². The first kappa shape index (κ1) is 19.5. The van der Waals surface area contributed by atoms with Gasteiger partial charge < -0.3 is 20.4 Å². The van der Waals surface area contributed by atoms with Crippen molar-refractivity contribution in [1.82, 2.24) is 10.6 Å². The zero-order valence-corrected chi connectivity index (χ0v) is 15.8. The van der Waals surface area contributed by atoms with E-state index in [0.717, 1.165) is 25.9 Å². The SMILES string of the molecule is Cl.O=C(NC1CCCNC1)c1cccc(NC(=O)c2ccc(Br)o2)c1. The Hall–Kier alpha value is -1.83. The molecule has 2 amide bonds. The molecule has 1 unspecified atom stereocenters. The van der Waals surface area contributed by atoms with Gasteiger partial charge in [-0.3, -0.25) is 9.59 Å². The number of halogens is 2. The fourth-order valence-corrected chi connectivity index (χ4v) is 2.92. The highest BCUT2D eigenvalue weighted by atomic mass is 79.9. The topological polar surface area (TPSA) is 83.4 Å². The molecule has 2 heterocycles. The number of carbonyl (C=O) groups excluding carboxylic acids is 2. The fraction of sp³-hybridized carbons (Fsp3) is 0.294. The van der Waals surface area contributed by atoms with Crippen LogP contribution in [0.4, 0.5) is 5.69 Å². The molecule has 3 N–H and O–H groups in total. The summed E-state index contributed by atoms with van der Waals surface area (Å²) in [7, 11) is 0. The van der Waals surface area contributed by atoms with E-state index in [1.54, 1.807) is 36.4 Å². The summed E-state index contributed by atoms with van der Waals surface area (Å²) in [4.78, 5) is 24.4. The first-order valence-electron chi connectivity index (χ1n) is 7.80. The predicted octanol–water partition coefficient (Wildman–Crippen LogP) is 3.20. The molecule has 1 aromatic heterocycles. The van der Waals surface area contributed by atoms with Crippen LogP contribution >= 0.6 is 28.3 Å². The van der Waals surface area contributed by atoms with Crippen LogP contribution in [0.1, 0.15) is 33.8 Å². The van der Waals surface area contributed by atoms with Crippen LogP contribution in [-0.4, -0.2) is 30.9 Å². The largest absolute Gasteiger partial charge is 0.444 e. The molecule has 2 aromatic rings. The van der Waals surface area contributed by atoms with Crippen LogP contribution in [0.5, 0.6) is 0 Å². The van der Waals surface area contributed by atoms with Gasteiger partial charge in [-0.25, -0.2) is 0 Å². The third-order valence-electron chi connectivity index (χ3n) is 3.81. The molecule has 0 spiro atoms. The molecule has 1 fully saturated rings. The Balaban J connectivity index is 0.00000225. The van der Waals surface area contributed by atoms with Crippen molar-refractivity contribution >= 4 is 45.8 Å². The zero-order valence-electron chi connectivity index (χ0n) is 13.4. The Kier molecular flexibility index (Phi) is 7.04. The van der Waals surface area contributed by atoms with Gasteiger partial charge in [-0.1, -0.05) is 6.07 Å². The molecule has 134 valence electrons. The van der Waals surface area contributed by atoms with Gasteiger partial charge in [-0.15, -0.1) is 12.4 Å². The van der Waals surface area contributed by atoms with Crippen LogP contribution in [0, 0.1) is 0 Å². The molecule has 3 rings (SSSR count). The lowest BCUT2D eigenvalue weighted by Crippen LogP contribution is -2.45. The lowest BCUT2D eigenvalue weighted by molar-refractivity contribution is 0.0929. The normalized spacial score (nSPS) is 16.6. The van der Waals surface area contributed by atoms with Gasteiger partial charge in [-0.05, 0) is 65.6 Å². The summed E-state index contributed by atoms with van der Waals surface area (Å²) in [6.45, 7) is 1.78. The molecule has 1 aliphatic rings. The summed E-state index contributed by atoms with van der Waals surface area (Å²) in [6.07, 6.45) is 2.03. The van der Waals surface area contributed by atoms with Crippen molar-refractivity contribution < 1.29 is 14.0 Å². The molecular formula is C17H19BrClN3O3. The van der Waals surface area contributed by atoms with E-state index in [4.69, 9.17) is 4.42 Å². The maximum Gasteiger partial charge on any atom is 0.291 e. The summed E-state index contributed by atoms with van der Waals surface area (Å²) in [5.41, 5.74) is 1.06. The number of nitrogens with one attached hydrogen (secondary N) is 3. The number of furan rings is 1. The Bertz CT molecular complexity index is 744. The number of carbonyl (C=O) groups is 2. The fourth-order valence-electron chi connectivity index (χ4n) is 2.61. The van der Waals surface area contributed by atoms with E-state index in [-0.39, 0.29) is 36.0 Å². The average molecular weight is 429 g/mol. The molecule has 0 saturated carbocycles. The van der Waals surface area contributed by atoms with E-state index in [0.29, 0.717) is 15.9 Å². The summed E-state index contributed by atoms with van der Waals surface area (Å²) in [6, 6.07) is 10.2. The summed E-state index contributed by atoms with van der Waals surface area (Å²) in [5, 5.41) is 9.00. The molecule has 0 bridgehead atoms. The molecule has 25 heavy (non-hydrogen) atoms. The quantitative estimate of drug-likeness (QED) is 0.698. The van der Waals surface area contributed by atoms with E-state index in [9.17, 15) is 9.59 Å². The van der Waals surface area contributed by atoms with Crippen LogP contribution in [0.25, 0.3) is 0 Å². The minimum atomic E-state index is -0.366. The summed E-state index contributed by atoms with van der Waals surface area (Å²) >= 11 is 3.16. The van der Waals surface area contributed by atoms with Crippen molar-refractivity contribution in [3.05, 3.63) is 52.4 Å². The van der Waals surface area contributed by atoms with Gasteiger partial charge in [0.05, 0.1) is 0 Å². The molecule has 8 heteroatoms. The minimum absolute atomic E-state index is 0. The second-order valence-corrected chi connectivity index (χ2v) is 6.44. The standard InChI is InChI=1S/C17H18BrN3O3.ClH/c18-15-7-6-14(24-15)17(23)20-12-4-1-3-11(9-12)16(22)21-13-5-2-8-19-10-13;/h1,3-4,6-7,9,13,19H,2,5,8,10H2,(H,20,23)(H,21,22);1H. The second-order valence-electron chi connectivity index (χ2n) is 5.66. The van der Waals surface area contributed by atoms with Gasteiger partial charge >= 0.3 is 0 Å². The Morgan fingerprint density at radius 1 is 1.20 bits per heavy atom. The van der Waals surface area contributed by atoms with Crippen molar-refractivity contribution in [3.8, 4) is 0 Å². The lowest BCUT2D eigenvalue weighted by atomic mass is 10.1. The zero-order chi connectivity index (χ0) is 16.9. The third-order valence-corrected chi connectivity index (χ3v) is 4.24. The predicted molar refractivity (Wildman–Crippen MR) is 101 cm³/mol. The average Bonchev–Trinajstić information content (AvgIpc) is 3.03. The van der Waals surface area contributed by atoms with E-state index in [1.165, 1.54) is 0 Å². The highest BCUT2D eigenvalue weighted by Crippen LogP contribution is 2.17. The van der Waals surface area contributed by atoms with Gasteiger partial charge in [0.2, 0.25) is 0 Å². The molecule has 0 aliphatic carbocycles. The first-order chi connectivity index (χ1) is 11.6. The van der Waals surface area contributed by atoms with Crippen LogP contribution in [0.2, 0.25) is 0 Å². The Morgan fingerprint density at radius 3 is 2.72 bits per heavy atom. The van der Waals surface area contributed by atoms with Crippen molar-refractivity contribution in [1.29, 1.82) is 0 Å². The van der Waals surface area contributed by atoms with Gasteiger partial charge in [0.1, 0.15) is 0 Å². The van der Waals surface area contributed by atoms with Crippen molar-refractivity contribution in [2.75, 3.05) is 18.4 Å². The maximum absolute atomic E-state index is 12.3. The second kappa shape index (κ2) is 9.03. The Morgan fingerprint density at radius 2 is 2.04 bits per heavy atom. The number of benzene rings is 1. The summed E-state index contributed by atoms with van der Waals surface area (Å²) < 4.78 is 5.70. The van der Waals surface area contributed by atoms with Gasteiger partial charge in [0.25, 0.3) is 11.8 Å². The number of rotatable bonds is 4. The minimum Gasteiger partial charge on any atom is -0.444 e. The van der Waals surface area contributed by atoms with Gasteiger partial charge in [0, 0.05) is 23.8 Å². The maximum atomic E-state index is 12.3. The number of hydrogen-bond acceptors (Lipinski definition) is 4. The van der Waals surface area contributed by atoms with Crippen LogP contribution in [0.3, 0.4) is 0 Å². The van der Waals surface area contributed by atoms with Crippen molar-refractivity contribution in [2.45, 2.75) is 18.9 Å². The Labute approximate surface area is 160 Å². The van der Waals surface area contributed by atoms with E-state index < -0.39 is 0 Å². The highest BCUT2D eigenvalue weighted by molar-refractivity contribution is 9.10. The van der Waals surface area contributed by atoms with Crippen molar-refractivity contribution in [2.24, 2.45) is 0 Å². The summed E-state index contributed by atoms with van der Waals surface area (Å²) in [5.74, 6) is -0.305. The number of amides is 2. The van der Waals surface area contributed by atoms with Crippen LogP contribution in [0.15, 0.2) is 45.5 Å².